The second-order valence-electron chi connectivity index (χ2n) is 15.1. The van der Waals surface area contributed by atoms with Crippen molar-refractivity contribution >= 4 is 62.6 Å². The highest BCUT2D eigenvalue weighted by Crippen LogP contribution is 2.40. The number of methoxy groups -OCH3 is 2. The molecule has 1 aliphatic rings. The quantitative estimate of drug-likeness (QED) is 0.0609. The zero-order chi connectivity index (χ0) is 41.4. The van der Waals surface area contributed by atoms with Gasteiger partial charge >= 0.3 is 6.03 Å². The van der Waals surface area contributed by atoms with Crippen molar-refractivity contribution in [3.63, 3.8) is 0 Å². The highest BCUT2D eigenvalue weighted by Gasteiger charge is 2.24. The summed E-state index contributed by atoms with van der Waals surface area (Å²) in [5, 5.41) is 13.8. The first-order valence-electron chi connectivity index (χ1n) is 19.0. The van der Waals surface area contributed by atoms with Gasteiger partial charge in [0.15, 0.2) is 12.0 Å². The lowest BCUT2D eigenvalue weighted by Gasteiger charge is -2.32. The molecule has 1 aromatic heterocycles. The van der Waals surface area contributed by atoms with Gasteiger partial charge in [-0.3, -0.25) is 9.69 Å². The first-order valence-corrected chi connectivity index (χ1v) is 20.6. The Labute approximate surface area is 342 Å². The average Bonchev–Trinajstić information content (AvgIpc) is 3.19. The zero-order valence-electron chi connectivity index (χ0n) is 34.1. The largest absolute Gasteiger partial charge is 0.496 e. The van der Waals surface area contributed by atoms with Crippen molar-refractivity contribution in [1.29, 1.82) is 0 Å². The number of likely N-dealkylation sites (N-methyl/N-ethyl adjacent to an activating group) is 1. The molecule has 0 radical (unpaired) electrons. The van der Waals surface area contributed by atoms with Gasteiger partial charge in [0.1, 0.15) is 28.8 Å². The van der Waals surface area contributed by atoms with E-state index in [2.05, 4.69) is 68.6 Å². The monoisotopic (exact) mass is 809 g/mol. The van der Waals surface area contributed by atoms with Crippen LogP contribution in [0.5, 0.6) is 23.0 Å². The van der Waals surface area contributed by atoms with E-state index < -0.39 is 17.4 Å². The van der Waals surface area contributed by atoms with Gasteiger partial charge in [-0.1, -0.05) is 45.0 Å². The number of urea groups is 1. The number of piperazine rings is 1. The Kier molecular flexibility index (Phi) is 13.5. The van der Waals surface area contributed by atoms with Crippen LogP contribution in [0.3, 0.4) is 0 Å². The van der Waals surface area contributed by atoms with Gasteiger partial charge in [0, 0.05) is 74.1 Å². The Morgan fingerprint density at radius 2 is 1.57 bits per heavy atom. The number of hydrogen-bond acceptors (Lipinski definition) is 11. The summed E-state index contributed by atoms with van der Waals surface area (Å²) in [6.45, 7) is 11.6. The minimum absolute atomic E-state index is 0.188. The molecule has 2 heterocycles. The van der Waals surface area contributed by atoms with Crippen molar-refractivity contribution in [3.8, 4) is 23.0 Å². The molecule has 1 atom stereocenters. The summed E-state index contributed by atoms with van der Waals surface area (Å²) >= 11 is -1.11. The lowest BCUT2D eigenvalue weighted by Crippen LogP contribution is -2.46. The molecule has 1 saturated heterocycles. The van der Waals surface area contributed by atoms with Crippen molar-refractivity contribution in [1.82, 2.24) is 20.1 Å². The van der Waals surface area contributed by atoms with Crippen molar-refractivity contribution < 1.29 is 28.4 Å². The maximum absolute atomic E-state index is 13.5. The molecule has 0 aliphatic carbocycles. The van der Waals surface area contributed by atoms with E-state index in [-0.39, 0.29) is 11.3 Å². The van der Waals surface area contributed by atoms with Crippen LogP contribution in [-0.4, -0.2) is 98.1 Å². The number of carbonyl (C=O) groups is 2. The van der Waals surface area contributed by atoms with Crippen LogP contribution in [0.2, 0.25) is 0 Å². The summed E-state index contributed by atoms with van der Waals surface area (Å²) in [5.74, 6) is 2.31. The SMILES string of the molecule is COc1cc(Nc2cc(Oc3ccc(NC(=O)Nc4cc(C(C)(C)C)cc(N[S+](C)O)c4OC)c4ccccc34)ccn2)ccc1C(=O)NCCN1CCN(C)CC1. The van der Waals surface area contributed by atoms with Crippen molar-refractivity contribution in [2.75, 3.05) is 87.5 Å². The first-order chi connectivity index (χ1) is 27.8. The standard InChI is InChI=1S/C43H52N8O6S/c1-43(2,3)28-24-35(40(56-6)36(25-28)49-58(7)54)48-42(53)47-34-14-15-37(32-11-9-8-10-31(32)34)57-30-16-17-44-39(27-30)46-29-12-13-33(38(26-29)55-5)41(52)45-18-19-51-22-20-50(4)21-23-51/h8-17,24-27,49,54H,18-23H2,1-7H3,(H3-,44,45,46,47,48,52,53)/p+1. The molecule has 1 aliphatic heterocycles. The number of aromatic nitrogens is 1. The molecular weight excluding hydrogens is 757 g/mol. The fourth-order valence-corrected chi connectivity index (χ4v) is 7.09. The van der Waals surface area contributed by atoms with Gasteiger partial charge in [0.25, 0.3) is 17.3 Å². The smallest absolute Gasteiger partial charge is 0.323 e. The molecule has 15 heteroatoms. The summed E-state index contributed by atoms with van der Waals surface area (Å²) in [5.41, 5.74) is 3.46. The van der Waals surface area contributed by atoms with Crippen LogP contribution in [-0.2, 0) is 16.8 Å². The molecule has 1 unspecified atom stereocenters. The summed E-state index contributed by atoms with van der Waals surface area (Å²) in [4.78, 5) is 35.7. The molecule has 0 spiro atoms. The van der Waals surface area contributed by atoms with Crippen LogP contribution in [0, 0.1) is 0 Å². The Bertz CT molecular complexity index is 2240. The molecular formula is C43H53N8O6S+. The molecule has 1 fully saturated rings. The van der Waals surface area contributed by atoms with Crippen molar-refractivity contribution in [2.24, 2.45) is 0 Å². The summed E-state index contributed by atoms with van der Waals surface area (Å²) < 4.78 is 30.8. The predicted octanol–water partition coefficient (Wildman–Crippen LogP) is 7.75. The maximum atomic E-state index is 13.5. The fourth-order valence-electron chi connectivity index (χ4n) is 6.62. The van der Waals surface area contributed by atoms with E-state index in [9.17, 15) is 14.1 Å². The van der Waals surface area contributed by atoms with Crippen LogP contribution in [0.15, 0.2) is 85.1 Å². The lowest BCUT2D eigenvalue weighted by molar-refractivity contribution is 0.0938. The third-order valence-corrected chi connectivity index (χ3v) is 10.3. The van der Waals surface area contributed by atoms with Gasteiger partial charge in [-0.25, -0.2) is 9.78 Å². The van der Waals surface area contributed by atoms with E-state index in [4.69, 9.17) is 14.2 Å². The van der Waals surface area contributed by atoms with Crippen LogP contribution in [0.1, 0.15) is 36.7 Å². The number of rotatable bonds is 14. The van der Waals surface area contributed by atoms with Gasteiger partial charge in [-0.2, -0.15) is 9.27 Å². The van der Waals surface area contributed by atoms with Gasteiger partial charge in [-0.05, 0) is 60.5 Å². The molecule has 3 amide bonds. The molecule has 14 nitrogen and oxygen atoms in total. The molecule has 6 N–H and O–H groups in total. The Morgan fingerprint density at radius 1 is 0.845 bits per heavy atom. The normalized spacial score (nSPS) is 14.0. The summed E-state index contributed by atoms with van der Waals surface area (Å²) in [6.07, 6.45) is 3.29. The van der Waals surface area contributed by atoms with Gasteiger partial charge in [-0.15, -0.1) is 0 Å². The number of pyridine rings is 1. The number of fused-ring (bicyclic) bond motifs is 1. The molecule has 4 aromatic carbocycles. The zero-order valence-corrected chi connectivity index (χ0v) is 34.9. The number of carbonyl (C=O) groups excluding carboxylic acids is 2. The Hall–Kier alpha value is -5.74. The fraction of sp³-hybridized carbons (Fsp3) is 0.326. The molecule has 58 heavy (non-hydrogen) atoms. The topological polar surface area (TPSA) is 162 Å². The van der Waals surface area contributed by atoms with E-state index in [1.807, 2.05) is 42.5 Å². The highest BCUT2D eigenvalue weighted by molar-refractivity contribution is 7.92. The predicted molar refractivity (Wildman–Crippen MR) is 235 cm³/mol. The molecule has 6 rings (SSSR count). The molecule has 0 bridgehead atoms. The van der Waals surface area contributed by atoms with Crippen LogP contribution < -0.4 is 40.2 Å². The number of benzene rings is 4. The number of ether oxygens (including phenoxy) is 3. The van der Waals surface area contributed by atoms with Crippen LogP contribution in [0.25, 0.3) is 10.8 Å². The van der Waals surface area contributed by atoms with E-state index in [0.29, 0.717) is 63.7 Å². The van der Waals surface area contributed by atoms with Crippen molar-refractivity contribution in [3.05, 3.63) is 96.2 Å². The minimum Gasteiger partial charge on any atom is -0.496 e. The van der Waals surface area contributed by atoms with E-state index in [1.165, 1.54) is 7.11 Å². The molecule has 0 saturated carbocycles. The van der Waals surface area contributed by atoms with Gasteiger partial charge < -0.3 is 40.4 Å². The van der Waals surface area contributed by atoms with Gasteiger partial charge in [0.05, 0.1) is 31.2 Å². The Morgan fingerprint density at radius 3 is 2.28 bits per heavy atom. The maximum Gasteiger partial charge on any atom is 0.323 e. The third-order valence-electron chi connectivity index (χ3n) is 9.78. The average molecular weight is 810 g/mol. The van der Waals surface area contributed by atoms with Gasteiger partial charge in [0.2, 0.25) is 0 Å². The second-order valence-corrected chi connectivity index (χ2v) is 16.3. The molecule has 5 aromatic rings. The van der Waals surface area contributed by atoms with Crippen LogP contribution >= 0.6 is 0 Å². The number of anilines is 5. The lowest BCUT2D eigenvalue weighted by atomic mass is 9.86. The number of nitrogens with zero attached hydrogens (tertiary/aromatic N) is 3. The third kappa shape index (κ3) is 10.6. The highest BCUT2D eigenvalue weighted by atomic mass is 32.2. The number of nitrogens with one attached hydrogen (secondary N) is 5. The first kappa shape index (κ1) is 41.9. The minimum atomic E-state index is -1.11. The number of hydrogen-bond donors (Lipinski definition) is 6. The second kappa shape index (κ2) is 18.7. The molecule has 306 valence electrons. The summed E-state index contributed by atoms with van der Waals surface area (Å²) in [7, 11) is 5.19. The van der Waals surface area contributed by atoms with E-state index in [1.54, 1.807) is 56.0 Å². The van der Waals surface area contributed by atoms with E-state index >= 15 is 0 Å². The van der Waals surface area contributed by atoms with Crippen molar-refractivity contribution in [2.45, 2.75) is 26.2 Å². The van der Waals surface area contributed by atoms with Crippen LogP contribution in [0.4, 0.5) is 33.4 Å². The van der Waals surface area contributed by atoms with E-state index in [0.717, 1.165) is 49.1 Å². The number of amides is 3. The summed E-state index contributed by atoms with van der Waals surface area (Å²) in [6, 6.07) is 23.4. The Balaban J connectivity index is 1.13.